The molecule has 0 aromatic carbocycles. The molecule has 1 heteroatoms. The molecule has 0 saturated carbocycles. The van der Waals surface area contributed by atoms with Gasteiger partial charge in [-0.1, -0.05) is 154 Å². The molecule has 0 heterocycles. The van der Waals surface area contributed by atoms with Gasteiger partial charge >= 0.3 is 0 Å². The van der Waals surface area contributed by atoms with Gasteiger partial charge in [-0.25, -0.2) is 0 Å². The summed E-state index contributed by atoms with van der Waals surface area (Å²) in [7, 11) is 0. The van der Waals surface area contributed by atoms with E-state index in [0.717, 1.165) is 0 Å². The molecule has 0 fully saturated rings. The Morgan fingerprint density at radius 2 is 0.933 bits per heavy atom. The van der Waals surface area contributed by atoms with Gasteiger partial charge in [-0.05, 0) is 25.7 Å². The predicted octanol–water partition coefficient (Wildman–Crippen LogP) is 10.0. The molecule has 0 aliphatic rings. The largest absolute Gasteiger partial charge is 0.328 e. The van der Waals surface area contributed by atoms with Crippen molar-refractivity contribution in [2.75, 3.05) is 0 Å². The van der Waals surface area contributed by atoms with E-state index in [2.05, 4.69) is 19.6 Å². The van der Waals surface area contributed by atoms with E-state index >= 15 is 0 Å². The van der Waals surface area contributed by atoms with Crippen LogP contribution in [0.5, 0.6) is 0 Å². The molecule has 1 atom stereocenters. The van der Waals surface area contributed by atoms with Crippen LogP contribution in [0.4, 0.5) is 0 Å². The zero-order valence-electron chi connectivity index (χ0n) is 20.9. The third-order valence-corrected chi connectivity index (χ3v) is 6.40. The Labute approximate surface area is 191 Å². The van der Waals surface area contributed by atoms with Crippen molar-refractivity contribution in [2.24, 2.45) is 5.73 Å². The van der Waals surface area contributed by atoms with Crippen LogP contribution in [0.1, 0.15) is 155 Å². The molecule has 0 aliphatic heterocycles. The fourth-order valence-corrected chi connectivity index (χ4v) is 4.31. The number of nitrogens with two attached hydrogens (primary N) is 1. The smallest absolute Gasteiger partial charge is 0.00388 e. The molecular formula is C29H57N. The van der Waals surface area contributed by atoms with Gasteiger partial charge in [0.05, 0.1) is 0 Å². The van der Waals surface area contributed by atoms with Gasteiger partial charge in [0.1, 0.15) is 0 Å². The van der Waals surface area contributed by atoms with E-state index in [1.807, 2.05) is 12.2 Å². The number of rotatable bonds is 25. The highest BCUT2D eigenvalue weighted by Gasteiger charge is 2.02. The van der Waals surface area contributed by atoms with Gasteiger partial charge in [-0.2, -0.15) is 0 Å². The lowest BCUT2D eigenvalue weighted by Gasteiger charge is -2.11. The van der Waals surface area contributed by atoms with Gasteiger partial charge in [-0.3, -0.25) is 0 Å². The molecule has 0 bridgehead atoms. The van der Waals surface area contributed by atoms with E-state index < -0.39 is 0 Å². The van der Waals surface area contributed by atoms with Crippen LogP contribution in [0.3, 0.4) is 0 Å². The van der Waals surface area contributed by atoms with Gasteiger partial charge in [-0.15, -0.1) is 0 Å². The maximum absolute atomic E-state index is 6.28. The lowest BCUT2D eigenvalue weighted by atomic mass is 10.0. The third kappa shape index (κ3) is 25.5. The fraction of sp³-hybridized carbons (Fsp3) is 0.862. The first-order valence-corrected chi connectivity index (χ1v) is 13.8. The van der Waals surface area contributed by atoms with Crippen molar-refractivity contribution in [3.63, 3.8) is 0 Å². The van der Waals surface area contributed by atoms with Crippen LogP contribution >= 0.6 is 0 Å². The van der Waals surface area contributed by atoms with Crippen molar-refractivity contribution >= 4 is 0 Å². The molecule has 0 aliphatic carbocycles. The van der Waals surface area contributed by atoms with Gasteiger partial charge in [0.25, 0.3) is 0 Å². The molecule has 0 saturated heterocycles. The standard InChI is InChI=1S/C29H57N/c1-3-5-7-9-11-12-13-14-15-16-17-18-19-20-22-24-26-28-29(30)27-25-23-21-10-8-6-4-2/h4,6,8,29H,2-3,5,7,9-28,30H2,1H3. The van der Waals surface area contributed by atoms with E-state index in [1.165, 1.54) is 148 Å². The normalized spacial score (nSPS) is 12.6. The Hall–Kier alpha value is -0.560. The fourth-order valence-electron chi connectivity index (χ4n) is 4.31. The van der Waals surface area contributed by atoms with Crippen molar-refractivity contribution in [1.29, 1.82) is 0 Å². The topological polar surface area (TPSA) is 26.0 Å². The van der Waals surface area contributed by atoms with E-state index in [9.17, 15) is 0 Å². The van der Waals surface area contributed by atoms with E-state index in [-0.39, 0.29) is 0 Å². The molecule has 0 aromatic rings. The molecule has 0 rings (SSSR count). The molecule has 0 amide bonds. The van der Waals surface area contributed by atoms with Crippen molar-refractivity contribution < 1.29 is 0 Å². The predicted molar refractivity (Wildman–Crippen MR) is 139 cm³/mol. The second kappa shape index (κ2) is 26.5. The maximum Gasteiger partial charge on any atom is 0.00388 e. The second-order valence-corrected chi connectivity index (χ2v) is 9.51. The Balaban J connectivity index is 3.13. The Morgan fingerprint density at radius 3 is 1.33 bits per heavy atom. The second-order valence-electron chi connectivity index (χ2n) is 9.51. The summed E-state index contributed by atoms with van der Waals surface area (Å²) >= 11 is 0. The van der Waals surface area contributed by atoms with Crippen LogP contribution in [-0.2, 0) is 0 Å². The van der Waals surface area contributed by atoms with Crippen LogP contribution in [0, 0.1) is 0 Å². The minimum atomic E-state index is 0.435. The molecule has 0 aromatic heterocycles. The number of unbranched alkanes of at least 4 members (excludes halogenated alkanes) is 19. The van der Waals surface area contributed by atoms with Crippen molar-refractivity contribution in [3.8, 4) is 0 Å². The molecule has 0 spiro atoms. The summed E-state index contributed by atoms with van der Waals surface area (Å²) in [5, 5.41) is 0. The number of hydrogen-bond donors (Lipinski definition) is 1. The summed E-state index contributed by atoms with van der Waals surface area (Å²) in [4.78, 5) is 0. The van der Waals surface area contributed by atoms with E-state index in [4.69, 9.17) is 5.73 Å². The minimum absolute atomic E-state index is 0.435. The van der Waals surface area contributed by atoms with Gasteiger partial charge in [0, 0.05) is 6.04 Å². The van der Waals surface area contributed by atoms with Gasteiger partial charge in [0.15, 0.2) is 0 Å². The first-order valence-electron chi connectivity index (χ1n) is 13.8. The maximum atomic E-state index is 6.28. The van der Waals surface area contributed by atoms with Crippen molar-refractivity contribution in [3.05, 3.63) is 24.8 Å². The number of hydrogen-bond acceptors (Lipinski definition) is 1. The molecule has 1 nitrogen and oxygen atoms in total. The lowest BCUT2D eigenvalue weighted by molar-refractivity contribution is 0.485. The van der Waals surface area contributed by atoms with Gasteiger partial charge < -0.3 is 5.73 Å². The summed E-state index contributed by atoms with van der Waals surface area (Å²) in [5.74, 6) is 0. The summed E-state index contributed by atoms with van der Waals surface area (Å²) in [6, 6.07) is 0.435. The summed E-state index contributed by atoms with van der Waals surface area (Å²) in [6.07, 6.45) is 38.1. The number of allylic oxidation sites excluding steroid dienone is 3. The van der Waals surface area contributed by atoms with E-state index in [1.54, 1.807) is 0 Å². The van der Waals surface area contributed by atoms with Crippen LogP contribution in [0.25, 0.3) is 0 Å². The molecule has 178 valence electrons. The highest BCUT2D eigenvalue weighted by Crippen LogP contribution is 2.15. The van der Waals surface area contributed by atoms with Crippen molar-refractivity contribution in [2.45, 2.75) is 161 Å². The van der Waals surface area contributed by atoms with Crippen LogP contribution < -0.4 is 5.73 Å². The van der Waals surface area contributed by atoms with E-state index in [0.29, 0.717) is 6.04 Å². The van der Waals surface area contributed by atoms with Crippen LogP contribution in [0.15, 0.2) is 24.8 Å². The lowest BCUT2D eigenvalue weighted by Crippen LogP contribution is -2.19. The highest BCUT2D eigenvalue weighted by atomic mass is 14.6. The summed E-state index contributed by atoms with van der Waals surface area (Å²) < 4.78 is 0. The minimum Gasteiger partial charge on any atom is -0.328 e. The third-order valence-electron chi connectivity index (χ3n) is 6.40. The zero-order valence-corrected chi connectivity index (χ0v) is 20.9. The molecule has 1 unspecified atom stereocenters. The first-order chi connectivity index (χ1) is 14.8. The van der Waals surface area contributed by atoms with Gasteiger partial charge in [0.2, 0.25) is 0 Å². The molecule has 2 N–H and O–H groups in total. The monoisotopic (exact) mass is 419 g/mol. The van der Waals surface area contributed by atoms with Crippen LogP contribution in [0.2, 0.25) is 0 Å². The SMILES string of the molecule is C=CC=CCCCCCC(N)CCCCCCCCCCCCCCCCCCC. The average Bonchev–Trinajstić information content (AvgIpc) is 2.75. The highest BCUT2D eigenvalue weighted by molar-refractivity contribution is 4.96. The molecule has 0 radical (unpaired) electrons. The van der Waals surface area contributed by atoms with Crippen molar-refractivity contribution in [1.82, 2.24) is 0 Å². The average molecular weight is 420 g/mol. The van der Waals surface area contributed by atoms with Crippen LogP contribution in [-0.4, -0.2) is 6.04 Å². The quantitative estimate of drug-likeness (QED) is 0.116. The Kier molecular flexibility index (Phi) is 26.0. The Morgan fingerprint density at radius 1 is 0.567 bits per heavy atom. The molecular weight excluding hydrogens is 362 g/mol. The first kappa shape index (κ1) is 29.4. The molecule has 30 heavy (non-hydrogen) atoms. The zero-order chi connectivity index (χ0) is 22.0. The Bertz CT molecular complexity index is 346. The summed E-state index contributed by atoms with van der Waals surface area (Å²) in [6.45, 7) is 6.00. The summed E-state index contributed by atoms with van der Waals surface area (Å²) in [5.41, 5.74) is 6.28.